The van der Waals surface area contributed by atoms with Gasteiger partial charge in [-0.15, -0.1) is 0 Å². The molecule has 4 nitrogen and oxygen atoms in total. The van der Waals surface area contributed by atoms with Gasteiger partial charge in [-0.1, -0.05) is 23.2 Å². The van der Waals surface area contributed by atoms with Gasteiger partial charge in [0.05, 0.1) is 17.8 Å². The number of halogens is 3. The minimum atomic E-state index is -1.15. The fraction of sp³-hybridized carbons (Fsp3) is 0.0769. The van der Waals surface area contributed by atoms with Gasteiger partial charge < -0.3 is 0 Å². The van der Waals surface area contributed by atoms with Crippen LogP contribution in [-0.4, -0.2) is 9.97 Å². The van der Waals surface area contributed by atoms with Gasteiger partial charge in [0, 0.05) is 5.56 Å². The highest BCUT2D eigenvalue weighted by atomic mass is 35.5. The van der Waals surface area contributed by atoms with Crippen molar-refractivity contribution < 1.29 is 4.39 Å². The van der Waals surface area contributed by atoms with Crippen LogP contribution in [0.1, 0.15) is 11.6 Å². The molecule has 0 spiro atoms. The quantitative estimate of drug-likeness (QED) is 0.793. The molecule has 1 heterocycles. The van der Waals surface area contributed by atoms with E-state index < -0.39 is 11.7 Å². The Bertz CT molecular complexity index is 718. The van der Waals surface area contributed by atoms with Crippen LogP contribution in [0.4, 0.5) is 4.39 Å². The highest BCUT2D eigenvalue weighted by Crippen LogP contribution is 2.30. The zero-order chi connectivity index (χ0) is 14.7. The molecule has 0 radical (unpaired) electrons. The average molecular weight is 307 g/mol. The third-order valence-electron chi connectivity index (χ3n) is 2.47. The Morgan fingerprint density at radius 1 is 1.05 bits per heavy atom. The molecule has 0 N–H and O–H groups in total. The molecule has 2 rings (SSSR count). The minimum Gasteiger partial charge on any atom is -0.229 e. The third-order valence-corrected chi connectivity index (χ3v) is 3.21. The predicted octanol–water partition coefficient (Wildman–Crippen LogP) is 3.72. The Hall–Kier alpha value is -2.21. The van der Waals surface area contributed by atoms with Crippen LogP contribution in [0.15, 0.2) is 24.3 Å². The van der Waals surface area contributed by atoms with Gasteiger partial charge in [0.1, 0.15) is 10.8 Å². The van der Waals surface area contributed by atoms with Crippen molar-refractivity contribution in [1.29, 1.82) is 10.5 Å². The molecule has 0 aliphatic heterocycles. The summed E-state index contributed by atoms with van der Waals surface area (Å²) in [5.74, 6) is -1.38. The molecule has 1 aromatic carbocycles. The summed E-state index contributed by atoms with van der Waals surface area (Å²) in [6.45, 7) is 0. The third kappa shape index (κ3) is 2.70. The van der Waals surface area contributed by atoms with Gasteiger partial charge in [-0.2, -0.15) is 10.5 Å². The zero-order valence-electron chi connectivity index (χ0n) is 9.81. The molecule has 0 bridgehead atoms. The zero-order valence-corrected chi connectivity index (χ0v) is 11.3. The van der Waals surface area contributed by atoms with Crippen molar-refractivity contribution in [3.05, 3.63) is 46.0 Å². The lowest BCUT2D eigenvalue weighted by molar-refractivity contribution is 0.628. The SMILES string of the molecule is N#CC(C#N)c1nc(-c2ccc(F)cc2)nc(Cl)c1Cl. The molecule has 0 aliphatic carbocycles. The minimum absolute atomic E-state index is 0.0365. The van der Waals surface area contributed by atoms with Crippen molar-refractivity contribution in [1.82, 2.24) is 9.97 Å². The molecule has 98 valence electrons. The Kier molecular flexibility index (Phi) is 4.14. The molecule has 0 aliphatic rings. The number of benzene rings is 1. The van der Waals surface area contributed by atoms with Crippen LogP contribution in [-0.2, 0) is 0 Å². The monoisotopic (exact) mass is 306 g/mol. The Balaban J connectivity index is 2.60. The summed E-state index contributed by atoms with van der Waals surface area (Å²) < 4.78 is 12.9. The van der Waals surface area contributed by atoms with E-state index >= 15 is 0 Å². The summed E-state index contributed by atoms with van der Waals surface area (Å²) in [7, 11) is 0. The predicted molar refractivity (Wildman–Crippen MR) is 71.4 cm³/mol. The van der Waals surface area contributed by atoms with Crippen LogP contribution in [0.2, 0.25) is 10.2 Å². The number of nitrogens with zero attached hydrogens (tertiary/aromatic N) is 4. The van der Waals surface area contributed by atoms with Crippen molar-refractivity contribution in [2.24, 2.45) is 0 Å². The second-order valence-electron chi connectivity index (χ2n) is 3.74. The summed E-state index contributed by atoms with van der Waals surface area (Å²) in [6, 6.07) is 8.95. The van der Waals surface area contributed by atoms with Crippen LogP contribution in [0.25, 0.3) is 11.4 Å². The molecular formula is C13H5Cl2FN4. The molecule has 0 unspecified atom stereocenters. The summed E-state index contributed by atoms with van der Waals surface area (Å²) in [6.07, 6.45) is 0. The largest absolute Gasteiger partial charge is 0.229 e. The first kappa shape index (κ1) is 14.2. The summed E-state index contributed by atoms with van der Waals surface area (Å²) in [4.78, 5) is 8.05. The maximum atomic E-state index is 12.9. The van der Waals surface area contributed by atoms with Crippen molar-refractivity contribution in [3.8, 4) is 23.5 Å². The molecule has 0 fully saturated rings. The molecular weight excluding hydrogens is 302 g/mol. The van der Waals surface area contributed by atoms with E-state index in [0.717, 1.165) is 0 Å². The fourth-order valence-electron chi connectivity index (χ4n) is 1.51. The highest BCUT2D eigenvalue weighted by Gasteiger charge is 2.20. The maximum absolute atomic E-state index is 12.9. The Labute approximate surface area is 124 Å². The molecule has 0 amide bonds. The lowest BCUT2D eigenvalue weighted by atomic mass is 10.1. The number of nitriles is 2. The molecule has 7 heteroatoms. The van der Waals surface area contributed by atoms with Gasteiger partial charge >= 0.3 is 0 Å². The number of hydrogen-bond donors (Lipinski definition) is 0. The van der Waals surface area contributed by atoms with Crippen LogP contribution in [0.3, 0.4) is 0 Å². The van der Waals surface area contributed by atoms with Gasteiger partial charge in [-0.3, -0.25) is 0 Å². The second-order valence-corrected chi connectivity index (χ2v) is 4.47. The van der Waals surface area contributed by atoms with E-state index in [4.69, 9.17) is 33.7 Å². The average Bonchev–Trinajstić information content (AvgIpc) is 2.45. The molecule has 2 aromatic rings. The van der Waals surface area contributed by atoms with Crippen molar-refractivity contribution in [2.75, 3.05) is 0 Å². The van der Waals surface area contributed by atoms with Gasteiger partial charge in [0.2, 0.25) is 0 Å². The summed E-state index contributed by atoms with van der Waals surface area (Å²) in [5.41, 5.74) is 0.539. The first-order valence-electron chi connectivity index (χ1n) is 5.35. The molecule has 0 saturated carbocycles. The summed E-state index contributed by atoms with van der Waals surface area (Å²) in [5, 5.41) is 17.7. The fourth-order valence-corrected chi connectivity index (χ4v) is 1.88. The van der Waals surface area contributed by atoms with E-state index in [9.17, 15) is 4.39 Å². The van der Waals surface area contributed by atoms with Crippen molar-refractivity contribution in [2.45, 2.75) is 5.92 Å². The second kappa shape index (κ2) is 5.83. The van der Waals surface area contributed by atoms with Crippen LogP contribution in [0, 0.1) is 28.5 Å². The van der Waals surface area contributed by atoms with E-state index in [1.165, 1.54) is 24.3 Å². The van der Waals surface area contributed by atoms with Crippen LogP contribution in [0.5, 0.6) is 0 Å². The Morgan fingerprint density at radius 2 is 1.65 bits per heavy atom. The first-order valence-corrected chi connectivity index (χ1v) is 6.10. The molecule has 0 atom stereocenters. The lowest BCUT2D eigenvalue weighted by Crippen LogP contribution is -2.02. The maximum Gasteiger partial charge on any atom is 0.176 e. The van der Waals surface area contributed by atoms with Crippen molar-refractivity contribution >= 4 is 23.2 Å². The number of rotatable bonds is 2. The van der Waals surface area contributed by atoms with E-state index in [2.05, 4.69) is 9.97 Å². The first-order chi connectivity index (χ1) is 9.56. The van der Waals surface area contributed by atoms with Crippen molar-refractivity contribution in [3.63, 3.8) is 0 Å². The lowest BCUT2D eigenvalue weighted by Gasteiger charge is -2.08. The standard InChI is InChI=1S/C13H5Cl2FN4/c14-10-11(8(5-17)6-18)19-13(20-12(10)15)7-1-3-9(16)4-2-7/h1-4,8H. The van der Waals surface area contributed by atoms with Gasteiger partial charge in [-0.25, -0.2) is 14.4 Å². The van der Waals surface area contributed by atoms with E-state index in [0.29, 0.717) is 5.56 Å². The van der Waals surface area contributed by atoms with Crippen LogP contribution < -0.4 is 0 Å². The van der Waals surface area contributed by atoms with Crippen LogP contribution >= 0.6 is 23.2 Å². The molecule has 1 aromatic heterocycles. The van der Waals surface area contributed by atoms with E-state index in [-0.39, 0.29) is 21.7 Å². The Morgan fingerprint density at radius 3 is 2.20 bits per heavy atom. The topological polar surface area (TPSA) is 73.4 Å². The number of hydrogen-bond acceptors (Lipinski definition) is 4. The van der Waals surface area contributed by atoms with Gasteiger partial charge in [0.15, 0.2) is 16.9 Å². The normalized spacial score (nSPS) is 10.1. The summed E-state index contributed by atoms with van der Waals surface area (Å²) >= 11 is 11.8. The highest BCUT2D eigenvalue weighted by molar-refractivity contribution is 6.41. The number of aromatic nitrogens is 2. The smallest absolute Gasteiger partial charge is 0.176 e. The molecule has 20 heavy (non-hydrogen) atoms. The van der Waals surface area contributed by atoms with E-state index in [1.807, 2.05) is 0 Å². The van der Waals surface area contributed by atoms with Gasteiger partial charge in [-0.05, 0) is 24.3 Å². The van der Waals surface area contributed by atoms with E-state index in [1.54, 1.807) is 12.1 Å². The molecule has 0 saturated heterocycles. The van der Waals surface area contributed by atoms with Gasteiger partial charge in [0.25, 0.3) is 0 Å².